The van der Waals surface area contributed by atoms with Crippen LogP contribution in [0.2, 0.25) is 5.02 Å². The molecule has 3 rings (SSSR count). The molecule has 1 saturated heterocycles. The maximum atomic E-state index is 13.5. The Hall–Kier alpha value is -1.56. The second-order valence-electron chi connectivity index (χ2n) is 7.16. The third-order valence-electron chi connectivity index (χ3n) is 4.81. The fourth-order valence-electron chi connectivity index (χ4n) is 2.55. The van der Waals surface area contributed by atoms with Gasteiger partial charge in [0, 0.05) is 5.56 Å². The van der Waals surface area contributed by atoms with Crippen molar-refractivity contribution < 1.29 is 18.4 Å². The first-order valence-corrected chi connectivity index (χ1v) is 8.59. The molecule has 0 radical (unpaired) electrons. The van der Waals surface area contributed by atoms with Crippen molar-refractivity contribution in [1.29, 1.82) is 0 Å². The van der Waals surface area contributed by atoms with E-state index in [9.17, 15) is 4.39 Å². The summed E-state index contributed by atoms with van der Waals surface area (Å²) < 4.78 is 31.4. The quantitative estimate of drug-likeness (QED) is 0.757. The predicted molar refractivity (Wildman–Crippen MR) is 97.9 cm³/mol. The van der Waals surface area contributed by atoms with Gasteiger partial charge in [-0.05, 0) is 51.4 Å². The lowest BCUT2D eigenvalue weighted by molar-refractivity contribution is 0.00578. The summed E-state index contributed by atoms with van der Waals surface area (Å²) >= 11 is 5.96. The molecule has 0 saturated carbocycles. The van der Waals surface area contributed by atoms with Crippen molar-refractivity contribution >= 4 is 24.2 Å². The standard InChI is InChI=1S/C19H21BClFO3/c1-18(2)19(3,4)25-20(24-18)14-8-6-9-15(11-14)23-12-13-7-5-10-16(22)17(13)21/h5-11H,12H2,1-4H3. The maximum absolute atomic E-state index is 13.5. The molecule has 0 atom stereocenters. The molecule has 0 spiro atoms. The summed E-state index contributed by atoms with van der Waals surface area (Å²) in [6.45, 7) is 8.24. The molecule has 3 nitrogen and oxygen atoms in total. The first kappa shape index (κ1) is 18.2. The first-order chi connectivity index (χ1) is 11.7. The van der Waals surface area contributed by atoms with Crippen LogP contribution < -0.4 is 10.2 Å². The molecule has 6 heteroatoms. The summed E-state index contributed by atoms with van der Waals surface area (Å²) in [6, 6.07) is 12.2. The molecule has 0 unspecified atom stereocenters. The highest BCUT2D eigenvalue weighted by Crippen LogP contribution is 2.36. The van der Waals surface area contributed by atoms with Crippen LogP contribution in [0.15, 0.2) is 42.5 Å². The Morgan fingerprint density at radius 2 is 1.68 bits per heavy atom. The number of halogens is 2. The normalized spacial score (nSPS) is 18.4. The summed E-state index contributed by atoms with van der Waals surface area (Å²) in [5.41, 5.74) is 0.678. The van der Waals surface area contributed by atoms with E-state index in [1.807, 2.05) is 52.0 Å². The van der Waals surface area contributed by atoms with Gasteiger partial charge in [0.1, 0.15) is 18.2 Å². The van der Waals surface area contributed by atoms with Crippen molar-refractivity contribution in [2.45, 2.75) is 45.5 Å². The van der Waals surface area contributed by atoms with Crippen molar-refractivity contribution in [2.24, 2.45) is 0 Å². The molecule has 0 aromatic heterocycles. The van der Waals surface area contributed by atoms with Crippen LogP contribution in [0.1, 0.15) is 33.3 Å². The molecule has 2 aromatic carbocycles. The first-order valence-electron chi connectivity index (χ1n) is 8.21. The zero-order valence-electron chi connectivity index (χ0n) is 14.8. The number of hydrogen-bond acceptors (Lipinski definition) is 3. The van der Waals surface area contributed by atoms with Gasteiger partial charge in [0.05, 0.1) is 16.2 Å². The van der Waals surface area contributed by atoms with Crippen molar-refractivity contribution in [2.75, 3.05) is 0 Å². The third kappa shape index (κ3) is 3.69. The minimum atomic E-state index is -0.452. The summed E-state index contributed by atoms with van der Waals surface area (Å²) in [5, 5.41) is 0.0876. The van der Waals surface area contributed by atoms with E-state index in [2.05, 4.69) is 0 Å². The third-order valence-corrected chi connectivity index (χ3v) is 5.23. The summed E-state index contributed by atoms with van der Waals surface area (Å²) in [5.74, 6) is 0.196. The smallest absolute Gasteiger partial charge is 0.489 e. The van der Waals surface area contributed by atoms with E-state index in [1.165, 1.54) is 6.07 Å². The van der Waals surface area contributed by atoms with Crippen LogP contribution in [0.25, 0.3) is 0 Å². The lowest BCUT2D eigenvalue weighted by atomic mass is 9.79. The lowest BCUT2D eigenvalue weighted by Crippen LogP contribution is -2.41. The van der Waals surface area contributed by atoms with Crippen LogP contribution in [0.5, 0.6) is 5.75 Å². The highest BCUT2D eigenvalue weighted by molar-refractivity contribution is 6.62. The molecule has 1 heterocycles. The van der Waals surface area contributed by atoms with Crippen LogP contribution >= 0.6 is 11.6 Å². The Bertz CT molecular complexity index is 763. The van der Waals surface area contributed by atoms with Gasteiger partial charge in [-0.1, -0.05) is 35.9 Å². The summed E-state index contributed by atoms with van der Waals surface area (Å²) in [7, 11) is -0.452. The van der Waals surface area contributed by atoms with E-state index >= 15 is 0 Å². The molecule has 0 N–H and O–H groups in total. The van der Waals surface area contributed by atoms with Crippen LogP contribution in [0.4, 0.5) is 4.39 Å². The fraction of sp³-hybridized carbons (Fsp3) is 0.368. The largest absolute Gasteiger partial charge is 0.494 e. The van der Waals surface area contributed by atoms with Gasteiger partial charge >= 0.3 is 7.12 Å². The Kier molecular flexibility index (Phi) is 4.84. The Morgan fingerprint density at radius 1 is 1.04 bits per heavy atom. The van der Waals surface area contributed by atoms with Gasteiger partial charge in [0.25, 0.3) is 0 Å². The van der Waals surface area contributed by atoms with Crippen molar-refractivity contribution in [3.63, 3.8) is 0 Å². The van der Waals surface area contributed by atoms with Gasteiger partial charge in [-0.2, -0.15) is 0 Å². The number of ether oxygens (including phenoxy) is 1. The second-order valence-corrected chi connectivity index (χ2v) is 7.54. The average molecular weight is 363 g/mol. The van der Waals surface area contributed by atoms with Gasteiger partial charge in [0.2, 0.25) is 0 Å². The maximum Gasteiger partial charge on any atom is 0.494 e. The van der Waals surface area contributed by atoms with Gasteiger partial charge in [-0.3, -0.25) is 0 Å². The number of rotatable bonds is 4. The molecular weight excluding hydrogens is 341 g/mol. The fourth-order valence-corrected chi connectivity index (χ4v) is 2.73. The highest BCUT2D eigenvalue weighted by Gasteiger charge is 2.51. The van der Waals surface area contributed by atoms with Gasteiger partial charge < -0.3 is 14.0 Å². The Labute approximate surface area is 153 Å². The molecule has 1 fully saturated rings. The number of hydrogen-bond donors (Lipinski definition) is 0. The van der Waals surface area contributed by atoms with E-state index in [0.29, 0.717) is 11.3 Å². The zero-order chi connectivity index (χ0) is 18.2. The van der Waals surface area contributed by atoms with E-state index in [4.69, 9.17) is 25.6 Å². The van der Waals surface area contributed by atoms with Crippen molar-refractivity contribution in [1.82, 2.24) is 0 Å². The van der Waals surface area contributed by atoms with Gasteiger partial charge in [-0.15, -0.1) is 0 Å². The highest BCUT2D eigenvalue weighted by atomic mass is 35.5. The monoisotopic (exact) mass is 362 g/mol. The molecule has 0 amide bonds. The minimum absolute atomic E-state index is 0.0876. The summed E-state index contributed by atoms with van der Waals surface area (Å²) in [6.07, 6.45) is 0. The average Bonchev–Trinajstić information content (AvgIpc) is 2.77. The Balaban J connectivity index is 1.73. The molecule has 0 bridgehead atoms. The van der Waals surface area contributed by atoms with Crippen LogP contribution in [0, 0.1) is 5.82 Å². The van der Waals surface area contributed by atoms with E-state index in [0.717, 1.165) is 5.46 Å². The molecule has 25 heavy (non-hydrogen) atoms. The van der Waals surface area contributed by atoms with Crippen LogP contribution in [-0.4, -0.2) is 18.3 Å². The van der Waals surface area contributed by atoms with E-state index in [-0.39, 0.29) is 11.6 Å². The number of benzene rings is 2. The molecular formula is C19H21BClFO3. The summed E-state index contributed by atoms with van der Waals surface area (Å²) in [4.78, 5) is 0. The van der Waals surface area contributed by atoms with E-state index < -0.39 is 24.1 Å². The molecule has 1 aliphatic heterocycles. The zero-order valence-corrected chi connectivity index (χ0v) is 15.6. The minimum Gasteiger partial charge on any atom is -0.489 e. The molecule has 1 aliphatic rings. The van der Waals surface area contributed by atoms with Crippen molar-refractivity contribution in [3.8, 4) is 5.75 Å². The Morgan fingerprint density at radius 3 is 2.36 bits per heavy atom. The molecule has 132 valence electrons. The topological polar surface area (TPSA) is 27.7 Å². The van der Waals surface area contributed by atoms with E-state index in [1.54, 1.807) is 12.1 Å². The predicted octanol–water partition coefficient (Wildman–Crippen LogP) is 4.36. The second kappa shape index (κ2) is 6.63. The van der Waals surface area contributed by atoms with Crippen LogP contribution in [-0.2, 0) is 15.9 Å². The van der Waals surface area contributed by atoms with Crippen molar-refractivity contribution in [3.05, 3.63) is 58.9 Å². The van der Waals surface area contributed by atoms with Crippen LogP contribution in [0.3, 0.4) is 0 Å². The SMILES string of the molecule is CC1(C)OB(c2cccc(OCc3cccc(F)c3Cl)c2)OC1(C)C. The molecule has 0 aliphatic carbocycles. The van der Waals surface area contributed by atoms with Gasteiger partial charge in [-0.25, -0.2) is 4.39 Å². The lowest BCUT2D eigenvalue weighted by Gasteiger charge is -2.32. The molecule has 2 aromatic rings. The van der Waals surface area contributed by atoms with Gasteiger partial charge in [0.15, 0.2) is 0 Å².